The van der Waals surface area contributed by atoms with Crippen LogP contribution in [-0.4, -0.2) is 37.9 Å². The van der Waals surface area contributed by atoms with Crippen LogP contribution in [0.15, 0.2) is 16.1 Å². The van der Waals surface area contributed by atoms with Gasteiger partial charge in [-0.2, -0.15) is 5.10 Å². The van der Waals surface area contributed by atoms with Crippen molar-refractivity contribution in [3.05, 3.63) is 16.6 Å². The number of aromatic amines is 2. The van der Waals surface area contributed by atoms with E-state index < -0.39 is 0 Å². The predicted octanol–water partition coefficient (Wildman–Crippen LogP) is 2.46. The third-order valence-corrected chi connectivity index (χ3v) is 7.89. The van der Waals surface area contributed by atoms with E-state index in [1.54, 1.807) is 0 Å². The zero-order valence-corrected chi connectivity index (χ0v) is 16.3. The molecule has 4 bridgehead atoms. The number of hydrogen-bond donors (Lipinski definition) is 3. The minimum Gasteiger partial charge on any atom is -0.352 e. The zero-order valence-electron chi connectivity index (χ0n) is 15.5. The molecule has 2 aromatic rings. The molecule has 4 aliphatic carbocycles. The summed E-state index contributed by atoms with van der Waals surface area (Å²) in [7, 11) is 0. The van der Waals surface area contributed by atoms with Gasteiger partial charge in [0.05, 0.1) is 11.9 Å². The lowest BCUT2D eigenvalue weighted by atomic mass is 9.48. The highest BCUT2D eigenvalue weighted by atomic mass is 32.2. The molecular weight excluding hydrogens is 362 g/mol. The molecule has 6 rings (SSSR count). The first-order chi connectivity index (χ1) is 13.0. The van der Waals surface area contributed by atoms with Gasteiger partial charge in [-0.3, -0.25) is 14.7 Å². The van der Waals surface area contributed by atoms with E-state index in [4.69, 9.17) is 0 Å². The van der Waals surface area contributed by atoms with Gasteiger partial charge in [0.15, 0.2) is 10.8 Å². The smallest absolute Gasteiger partial charge is 0.262 e. The number of carbonyl (C=O) groups excluding carboxylic acids is 1. The molecule has 27 heavy (non-hydrogen) atoms. The largest absolute Gasteiger partial charge is 0.352 e. The Morgan fingerprint density at radius 3 is 2.63 bits per heavy atom. The van der Waals surface area contributed by atoms with Crippen molar-refractivity contribution in [1.29, 1.82) is 0 Å². The third kappa shape index (κ3) is 3.07. The Hall–Kier alpha value is -1.83. The van der Waals surface area contributed by atoms with Gasteiger partial charge in [0.25, 0.3) is 5.56 Å². The lowest BCUT2D eigenvalue weighted by Crippen LogP contribution is -2.56. The lowest BCUT2D eigenvalue weighted by molar-refractivity contribution is -0.123. The van der Waals surface area contributed by atoms with E-state index in [0.29, 0.717) is 21.6 Å². The highest BCUT2D eigenvalue weighted by Gasteiger charge is 2.53. The van der Waals surface area contributed by atoms with Crippen molar-refractivity contribution in [3.8, 4) is 0 Å². The minimum atomic E-state index is -0.237. The topological polar surface area (TPSA) is 104 Å². The molecule has 7 nitrogen and oxygen atoms in total. The Morgan fingerprint density at radius 2 is 1.96 bits per heavy atom. The molecule has 4 fully saturated rings. The molecule has 4 saturated carbocycles. The molecule has 3 N–H and O–H groups in total. The second-order valence-electron chi connectivity index (χ2n) is 8.86. The van der Waals surface area contributed by atoms with E-state index in [-0.39, 0.29) is 23.3 Å². The van der Waals surface area contributed by atoms with Crippen LogP contribution in [0.5, 0.6) is 0 Å². The average molecular weight is 388 g/mol. The fourth-order valence-corrected chi connectivity index (χ4v) is 6.84. The lowest BCUT2D eigenvalue weighted by Gasteiger charge is -2.59. The van der Waals surface area contributed by atoms with Crippen molar-refractivity contribution in [2.24, 2.45) is 23.2 Å². The molecule has 1 unspecified atom stereocenters. The van der Waals surface area contributed by atoms with Gasteiger partial charge in [0.2, 0.25) is 5.91 Å². The average Bonchev–Trinajstić information content (AvgIpc) is 3.08. The Kier molecular flexibility index (Phi) is 4.07. The normalized spacial score (nSPS) is 32.7. The number of thioether (sulfide) groups is 1. The summed E-state index contributed by atoms with van der Waals surface area (Å²) in [6, 6.07) is 0.209. The van der Waals surface area contributed by atoms with Crippen molar-refractivity contribution in [2.75, 3.05) is 5.75 Å². The second-order valence-corrected chi connectivity index (χ2v) is 9.83. The standard InChI is InChI=1S/C19H25N5O2S/c1-10(19-5-11-2-12(6-19)4-13(3-11)7-19)21-15(25)9-27-18-22-16-14(8-20-24-16)17(26)23-18/h8,10-13H,2-7,9H2,1H3,(H,21,25)(H2,20,22,23,24,26). The molecule has 0 aromatic carbocycles. The molecule has 0 saturated heterocycles. The van der Waals surface area contributed by atoms with Crippen LogP contribution in [0.3, 0.4) is 0 Å². The highest BCUT2D eigenvalue weighted by molar-refractivity contribution is 7.99. The van der Waals surface area contributed by atoms with Crippen molar-refractivity contribution >= 4 is 28.7 Å². The van der Waals surface area contributed by atoms with Crippen LogP contribution in [0.2, 0.25) is 0 Å². The quantitative estimate of drug-likeness (QED) is 0.540. The van der Waals surface area contributed by atoms with E-state index >= 15 is 0 Å². The first kappa shape index (κ1) is 17.3. The van der Waals surface area contributed by atoms with Gasteiger partial charge in [-0.15, -0.1) is 0 Å². The van der Waals surface area contributed by atoms with Crippen LogP contribution in [0.4, 0.5) is 0 Å². The van der Waals surface area contributed by atoms with E-state index in [2.05, 4.69) is 32.4 Å². The third-order valence-electron chi connectivity index (χ3n) is 7.02. The molecule has 4 aliphatic rings. The van der Waals surface area contributed by atoms with E-state index in [1.165, 1.54) is 56.5 Å². The highest BCUT2D eigenvalue weighted by Crippen LogP contribution is 2.61. The minimum absolute atomic E-state index is 0.00982. The van der Waals surface area contributed by atoms with Gasteiger partial charge < -0.3 is 10.3 Å². The Bertz CT molecular complexity index is 900. The van der Waals surface area contributed by atoms with E-state index in [9.17, 15) is 9.59 Å². The molecule has 0 aliphatic heterocycles. The first-order valence-electron chi connectivity index (χ1n) is 9.86. The molecule has 144 valence electrons. The number of fused-ring (bicyclic) bond motifs is 1. The molecule has 2 aromatic heterocycles. The summed E-state index contributed by atoms with van der Waals surface area (Å²) in [4.78, 5) is 31.5. The SMILES string of the molecule is CC(NC(=O)CSc1nc2[nH]ncc2c(=O)[nH]1)C12CC3CC(CC(C3)C1)C2. The molecule has 0 radical (unpaired) electrons. The number of nitrogens with zero attached hydrogens (tertiary/aromatic N) is 2. The summed E-state index contributed by atoms with van der Waals surface area (Å²) >= 11 is 1.25. The maximum Gasteiger partial charge on any atom is 0.262 e. The van der Waals surface area contributed by atoms with Gasteiger partial charge in [0.1, 0.15) is 5.39 Å². The Labute approximate surface area is 161 Å². The molecule has 0 spiro atoms. The summed E-state index contributed by atoms with van der Waals surface area (Å²) < 4.78 is 0. The maximum atomic E-state index is 12.5. The van der Waals surface area contributed by atoms with Gasteiger partial charge in [-0.05, 0) is 68.6 Å². The maximum absolute atomic E-state index is 12.5. The van der Waals surface area contributed by atoms with Crippen molar-refractivity contribution in [2.45, 2.75) is 56.6 Å². The first-order valence-corrected chi connectivity index (χ1v) is 10.8. The number of hydrogen-bond acceptors (Lipinski definition) is 5. The number of amides is 1. The van der Waals surface area contributed by atoms with Gasteiger partial charge >= 0.3 is 0 Å². The predicted molar refractivity (Wildman–Crippen MR) is 103 cm³/mol. The molecule has 1 amide bonds. The van der Waals surface area contributed by atoms with Gasteiger partial charge in [-0.1, -0.05) is 11.8 Å². The second kappa shape index (κ2) is 6.36. The fourth-order valence-electron chi connectivity index (χ4n) is 6.17. The van der Waals surface area contributed by atoms with Crippen LogP contribution >= 0.6 is 11.8 Å². The fraction of sp³-hybridized carbons (Fsp3) is 0.684. The van der Waals surface area contributed by atoms with Crippen molar-refractivity contribution < 1.29 is 4.79 Å². The van der Waals surface area contributed by atoms with Gasteiger partial charge in [0, 0.05) is 6.04 Å². The van der Waals surface area contributed by atoms with Crippen molar-refractivity contribution in [1.82, 2.24) is 25.5 Å². The summed E-state index contributed by atoms with van der Waals surface area (Å²) in [5, 5.41) is 10.7. The molecule has 2 heterocycles. The summed E-state index contributed by atoms with van der Waals surface area (Å²) in [5.41, 5.74) is 0.512. The summed E-state index contributed by atoms with van der Waals surface area (Å²) in [5.74, 6) is 2.89. The molecular formula is C19H25N5O2S. The van der Waals surface area contributed by atoms with Crippen LogP contribution < -0.4 is 10.9 Å². The number of H-pyrrole nitrogens is 2. The van der Waals surface area contributed by atoms with Crippen LogP contribution in [0.25, 0.3) is 11.0 Å². The monoisotopic (exact) mass is 387 g/mol. The van der Waals surface area contributed by atoms with Gasteiger partial charge in [-0.25, -0.2) is 4.98 Å². The summed E-state index contributed by atoms with van der Waals surface area (Å²) in [6.07, 6.45) is 9.51. The van der Waals surface area contributed by atoms with Crippen molar-refractivity contribution in [3.63, 3.8) is 0 Å². The van der Waals surface area contributed by atoms with E-state index in [0.717, 1.165) is 17.8 Å². The number of nitrogens with one attached hydrogen (secondary N) is 3. The number of carbonyl (C=O) groups is 1. The Morgan fingerprint density at radius 1 is 1.30 bits per heavy atom. The van der Waals surface area contributed by atoms with Crippen LogP contribution in [0.1, 0.15) is 45.4 Å². The molecule has 1 atom stereocenters. The Balaban J connectivity index is 1.22. The number of aromatic nitrogens is 4. The molecule has 8 heteroatoms. The van der Waals surface area contributed by atoms with E-state index in [1.807, 2.05) is 0 Å². The summed E-state index contributed by atoms with van der Waals surface area (Å²) in [6.45, 7) is 2.19. The van der Waals surface area contributed by atoms with Crippen LogP contribution in [-0.2, 0) is 4.79 Å². The zero-order chi connectivity index (χ0) is 18.6. The van der Waals surface area contributed by atoms with Crippen LogP contribution in [0, 0.1) is 23.2 Å². The number of rotatable bonds is 5.